The van der Waals surface area contributed by atoms with Crippen LogP contribution in [0.1, 0.15) is 49.3 Å². The van der Waals surface area contributed by atoms with E-state index in [2.05, 4.69) is 6.07 Å². The number of hydrogen-bond donors (Lipinski definition) is 1. The zero-order chi connectivity index (χ0) is 14.9. The van der Waals surface area contributed by atoms with E-state index in [0.717, 1.165) is 44.1 Å². The largest absolute Gasteiger partial charge is 0.329 e. The van der Waals surface area contributed by atoms with Crippen molar-refractivity contribution >= 4 is 10.0 Å². The van der Waals surface area contributed by atoms with Gasteiger partial charge in [0.05, 0.1) is 11.3 Å². The van der Waals surface area contributed by atoms with Crippen LogP contribution in [0.2, 0.25) is 0 Å². The van der Waals surface area contributed by atoms with Gasteiger partial charge in [0.15, 0.2) is 0 Å². The molecule has 0 spiro atoms. The molecule has 5 heteroatoms. The fourth-order valence-corrected chi connectivity index (χ4v) is 5.94. The molecule has 0 saturated heterocycles. The van der Waals surface area contributed by atoms with Crippen molar-refractivity contribution in [2.24, 2.45) is 5.73 Å². The molecule has 1 aliphatic carbocycles. The van der Waals surface area contributed by atoms with Gasteiger partial charge in [-0.15, -0.1) is 0 Å². The van der Waals surface area contributed by atoms with Gasteiger partial charge in [-0.2, -0.15) is 4.31 Å². The first-order valence-electron chi connectivity index (χ1n) is 7.93. The Bertz CT molecular complexity index is 594. The molecular weight excluding hydrogens is 284 g/mol. The number of nitrogens with two attached hydrogens (primary N) is 1. The highest BCUT2D eigenvalue weighted by Crippen LogP contribution is 2.35. The first-order chi connectivity index (χ1) is 10.1. The second-order valence-corrected chi connectivity index (χ2v) is 8.28. The summed E-state index contributed by atoms with van der Waals surface area (Å²) in [5.41, 5.74) is 8.26. The van der Waals surface area contributed by atoms with Crippen LogP contribution in [0.5, 0.6) is 0 Å². The number of nitrogens with zero attached hydrogens (tertiary/aromatic N) is 1. The molecule has 1 aromatic rings. The summed E-state index contributed by atoms with van der Waals surface area (Å²) in [6.45, 7) is 0.917. The summed E-state index contributed by atoms with van der Waals surface area (Å²) < 4.78 is 27.7. The van der Waals surface area contributed by atoms with Crippen LogP contribution in [0, 0.1) is 0 Å². The molecule has 1 aromatic carbocycles. The zero-order valence-electron chi connectivity index (χ0n) is 12.4. The molecular formula is C16H24N2O2S. The van der Waals surface area contributed by atoms with E-state index in [1.807, 2.05) is 18.2 Å². The van der Waals surface area contributed by atoms with E-state index >= 15 is 0 Å². The van der Waals surface area contributed by atoms with Crippen LogP contribution < -0.4 is 5.73 Å². The average Bonchev–Trinajstić information content (AvgIpc) is 2.54. The number of benzene rings is 1. The molecule has 1 unspecified atom stereocenters. The van der Waals surface area contributed by atoms with Crippen molar-refractivity contribution in [3.05, 3.63) is 35.4 Å². The fraction of sp³-hybridized carbons (Fsp3) is 0.625. The minimum atomic E-state index is -3.24. The molecule has 0 bridgehead atoms. The quantitative estimate of drug-likeness (QED) is 0.931. The summed E-state index contributed by atoms with van der Waals surface area (Å²) >= 11 is 0. The third-order valence-corrected chi connectivity index (χ3v) is 7.29. The van der Waals surface area contributed by atoms with Gasteiger partial charge in [0.1, 0.15) is 0 Å². The fourth-order valence-electron chi connectivity index (χ4n) is 3.73. The molecule has 1 aliphatic heterocycles. The van der Waals surface area contributed by atoms with Crippen LogP contribution in [0.15, 0.2) is 24.3 Å². The predicted molar refractivity (Wildman–Crippen MR) is 84.4 cm³/mol. The second-order valence-electron chi connectivity index (χ2n) is 6.12. The molecule has 1 saturated carbocycles. The van der Waals surface area contributed by atoms with E-state index in [4.69, 9.17) is 5.73 Å². The van der Waals surface area contributed by atoms with Crippen molar-refractivity contribution in [3.63, 3.8) is 0 Å². The van der Waals surface area contributed by atoms with Crippen molar-refractivity contribution < 1.29 is 8.42 Å². The van der Waals surface area contributed by atoms with Crippen LogP contribution in [-0.4, -0.2) is 31.1 Å². The van der Waals surface area contributed by atoms with E-state index in [-0.39, 0.29) is 11.3 Å². The van der Waals surface area contributed by atoms with Crippen LogP contribution in [0.3, 0.4) is 0 Å². The molecule has 21 heavy (non-hydrogen) atoms. The SMILES string of the molecule is NCC1c2ccccc2CCN1S(=O)(=O)C1CCCCC1. The maximum Gasteiger partial charge on any atom is 0.217 e. The van der Waals surface area contributed by atoms with Gasteiger partial charge in [-0.1, -0.05) is 43.5 Å². The van der Waals surface area contributed by atoms with Crippen LogP contribution in [0.4, 0.5) is 0 Å². The van der Waals surface area contributed by atoms with Gasteiger partial charge in [0.2, 0.25) is 10.0 Å². The third-order valence-electron chi connectivity index (χ3n) is 4.89. The maximum absolute atomic E-state index is 13.0. The van der Waals surface area contributed by atoms with Gasteiger partial charge in [-0.05, 0) is 30.4 Å². The molecule has 4 nitrogen and oxygen atoms in total. The molecule has 116 valence electrons. The normalized spacial score (nSPS) is 24.7. The average molecular weight is 308 g/mol. The van der Waals surface area contributed by atoms with Crippen LogP contribution in [-0.2, 0) is 16.4 Å². The van der Waals surface area contributed by atoms with Crippen molar-refractivity contribution in [2.75, 3.05) is 13.1 Å². The van der Waals surface area contributed by atoms with E-state index in [1.165, 1.54) is 5.56 Å². The molecule has 2 N–H and O–H groups in total. The number of hydrogen-bond acceptors (Lipinski definition) is 3. The third kappa shape index (κ3) is 2.74. The molecule has 0 aromatic heterocycles. The van der Waals surface area contributed by atoms with Crippen molar-refractivity contribution in [1.82, 2.24) is 4.31 Å². The first kappa shape index (κ1) is 15.0. The first-order valence-corrected chi connectivity index (χ1v) is 9.43. The zero-order valence-corrected chi connectivity index (χ0v) is 13.2. The van der Waals surface area contributed by atoms with Crippen LogP contribution >= 0.6 is 0 Å². The van der Waals surface area contributed by atoms with E-state index < -0.39 is 10.0 Å². The van der Waals surface area contributed by atoms with Crippen molar-refractivity contribution in [1.29, 1.82) is 0 Å². The Balaban J connectivity index is 1.91. The molecule has 1 fully saturated rings. The summed E-state index contributed by atoms with van der Waals surface area (Å²) in [4.78, 5) is 0. The predicted octanol–water partition coefficient (Wildman–Crippen LogP) is 2.21. The lowest BCUT2D eigenvalue weighted by Crippen LogP contribution is -2.47. The summed E-state index contributed by atoms with van der Waals surface area (Å²) in [6, 6.07) is 7.90. The van der Waals surface area contributed by atoms with Gasteiger partial charge in [-0.3, -0.25) is 0 Å². The van der Waals surface area contributed by atoms with E-state index in [9.17, 15) is 8.42 Å². The van der Waals surface area contributed by atoms with Crippen molar-refractivity contribution in [3.8, 4) is 0 Å². The van der Waals surface area contributed by atoms with Crippen LogP contribution in [0.25, 0.3) is 0 Å². The number of fused-ring (bicyclic) bond motifs is 1. The minimum Gasteiger partial charge on any atom is -0.329 e. The molecule has 0 amide bonds. The maximum atomic E-state index is 13.0. The topological polar surface area (TPSA) is 63.4 Å². The number of rotatable bonds is 3. The van der Waals surface area contributed by atoms with Gasteiger partial charge < -0.3 is 5.73 Å². The minimum absolute atomic E-state index is 0.193. The Hall–Kier alpha value is -0.910. The van der Waals surface area contributed by atoms with E-state index in [1.54, 1.807) is 4.31 Å². The lowest BCUT2D eigenvalue weighted by Gasteiger charge is -2.38. The summed E-state index contributed by atoms with van der Waals surface area (Å²) in [7, 11) is -3.24. The Kier molecular flexibility index (Phi) is 4.33. The summed E-state index contributed by atoms with van der Waals surface area (Å²) in [5.74, 6) is 0. The summed E-state index contributed by atoms with van der Waals surface area (Å²) in [5, 5.41) is -0.203. The Morgan fingerprint density at radius 2 is 1.86 bits per heavy atom. The standard InChI is InChI=1S/C16H24N2O2S/c17-12-16-15-9-5-4-6-13(15)10-11-18(16)21(19,20)14-7-2-1-3-8-14/h4-6,9,14,16H,1-3,7-8,10-12,17H2. The molecule has 3 rings (SSSR count). The highest BCUT2D eigenvalue weighted by atomic mass is 32.2. The van der Waals surface area contributed by atoms with Gasteiger partial charge in [0, 0.05) is 13.1 Å². The Morgan fingerprint density at radius 1 is 1.14 bits per heavy atom. The van der Waals surface area contributed by atoms with Gasteiger partial charge in [-0.25, -0.2) is 8.42 Å². The highest BCUT2D eigenvalue weighted by molar-refractivity contribution is 7.89. The number of sulfonamides is 1. The molecule has 0 radical (unpaired) electrons. The smallest absolute Gasteiger partial charge is 0.217 e. The monoisotopic (exact) mass is 308 g/mol. The summed E-state index contributed by atoms with van der Waals surface area (Å²) in [6.07, 6.45) is 5.62. The van der Waals surface area contributed by atoms with E-state index in [0.29, 0.717) is 13.1 Å². The molecule has 2 aliphatic rings. The second kappa shape index (κ2) is 6.07. The Labute approximate surface area is 127 Å². The molecule has 1 atom stereocenters. The molecule has 1 heterocycles. The van der Waals surface area contributed by atoms with Gasteiger partial charge in [0.25, 0.3) is 0 Å². The Morgan fingerprint density at radius 3 is 2.57 bits per heavy atom. The lowest BCUT2D eigenvalue weighted by molar-refractivity contribution is 0.303. The van der Waals surface area contributed by atoms with Gasteiger partial charge >= 0.3 is 0 Å². The van der Waals surface area contributed by atoms with Crippen molar-refractivity contribution in [2.45, 2.75) is 49.8 Å². The highest BCUT2D eigenvalue weighted by Gasteiger charge is 2.39. The lowest BCUT2D eigenvalue weighted by atomic mass is 9.94.